The van der Waals surface area contributed by atoms with Gasteiger partial charge in [0.2, 0.25) is 5.91 Å². The van der Waals surface area contributed by atoms with Gasteiger partial charge >= 0.3 is 11.7 Å². The van der Waals surface area contributed by atoms with Crippen molar-refractivity contribution in [1.82, 2.24) is 19.3 Å². The molecule has 3 aromatic rings. The Bertz CT molecular complexity index is 1240. The normalized spacial score (nSPS) is 12.9. The molecule has 0 radical (unpaired) electrons. The smallest absolute Gasteiger partial charge is 0.410 e. The lowest BCUT2D eigenvalue weighted by Gasteiger charge is -2.19. The number of ether oxygens (including phenoxy) is 1. The zero-order chi connectivity index (χ0) is 24.5. The van der Waals surface area contributed by atoms with Crippen molar-refractivity contribution in [3.8, 4) is 17.0 Å². The summed E-state index contributed by atoms with van der Waals surface area (Å²) in [5.74, 6) is -0.882. The minimum absolute atomic E-state index is 0.104. The number of halogens is 5. The number of carbonyl (C=O) groups excluding carboxylic acids is 1. The molecular weight excluding hydrogens is 453 g/mol. The molecule has 3 rings (SSSR count). The Morgan fingerprint density at radius 1 is 1.27 bits per heavy atom. The molecule has 0 aromatic carbocycles. The fourth-order valence-corrected chi connectivity index (χ4v) is 3.18. The fraction of sp³-hybridized carbons (Fsp3) is 0.400. The number of amides is 1. The second kappa shape index (κ2) is 9.16. The predicted octanol–water partition coefficient (Wildman–Crippen LogP) is 4.01. The summed E-state index contributed by atoms with van der Waals surface area (Å²) in [5.41, 5.74) is -0.512. The number of hydrogen-bond donors (Lipinski definition) is 1. The summed E-state index contributed by atoms with van der Waals surface area (Å²) in [6.07, 6.45) is -4.72. The number of aryl methyl sites for hydroxylation is 1. The molecule has 13 heteroatoms. The van der Waals surface area contributed by atoms with Gasteiger partial charge in [0.15, 0.2) is 5.75 Å². The van der Waals surface area contributed by atoms with Gasteiger partial charge in [-0.3, -0.25) is 9.59 Å². The minimum Gasteiger partial charge on any atom is -0.482 e. The molecule has 0 bridgehead atoms. The highest BCUT2D eigenvalue weighted by molar-refractivity contribution is 5.98. The van der Waals surface area contributed by atoms with Gasteiger partial charge in [-0.15, -0.1) is 0 Å². The average Bonchev–Trinajstić information content (AvgIpc) is 3.09. The molecule has 3 aromatic heterocycles. The lowest BCUT2D eigenvalue weighted by Crippen LogP contribution is -2.35. The number of nitrogens with one attached hydrogen (secondary N) is 1. The number of carbonyl (C=O) groups is 1. The van der Waals surface area contributed by atoms with Crippen LogP contribution in [0.1, 0.15) is 26.8 Å². The molecule has 1 amide bonds. The lowest BCUT2D eigenvalue weighted by atomic mass is 10.1. The van der Waals surface area contributed by atoms with Crippen molar-refractivity contribution < 1.29 is 31.5 Å². The quantitative estimate of drug-likeness (QED) is 0.524. The van der Waals surface area contributed by atoms with E-state index in [0.717, 1.165) is 13.0 Å². The summed E-state index contributed by atoms with van der Waals surface area (Å²) in [6.45, 7) is 3.12. The topological polar surface area (TPSA) is 91.0 Å². The van der Waals surface area contributed by atoms with E-state index in [0.29, 0.717) is 23.0 Å². The molecule has 0 aliphatic carbocycles. The van der Waals surface area contributed by atoms with Crippen molar-refractivity contribution in [3.05, 3.63) is 34.9 Å². The van der Waals surface area contributed by atoms with Crippen LogP contribution in [0.4, 0.5) is 27.8 Å². The second-order valence-electron chi connectivity index (χ2n) is 7.16. The molecule has 0 fully saturated rings. The molecule has 178 valence electrons. The van der Waals surface area contributed by atoms with Crippen molar-refractivity contribution >= 4 is 22.6 Å². The Labute approximate surface area is 184 Å². The van der Waals surface area contributed by atoms with Gasteiger partial charge < -0.3 is 14.6 Å². The number of hydrogen-bond acceptors (Lipinski definition) is 5. The van der Waals surface area contributed by atoms with Crippen molar-refractivity contribution in [2.75, 3.05) is 11.9 Å². The predicted molar refractivity (Wildman–Crippen MR) is 109 cm³/mol. The number of rotatable bonds is 7. The molecule has 0 unspecified atom stereocenters. The van der Waals surface area contributed by atoms with Crippen LogP contribution in [0.15, 0.2) is 29.3 Å². The van der Waals surface area contributed by atoms with Crippen molar-refractivity contribution in [3.63, 3.8) is 0 Å². The molecule has 1 N–H and O–H groups in total. The molecule has 3 heterocycles. The van der Waals surface area contributed by atoms with Crippen LogP contribution in [0.25, 0.3) is 22.2 Å². The first-order valence-corrected chi connectivity index (χ1v) is 9.80. The minimum atomic E-state index is -4.82. The maximum atomic E-state index is 13.4. The molecular formula is C20H20F5N5O3. The molecule has 1 atom stereocenters. The molecule has 0 aliphatic heterocycles. The van der Waals surface area contributed by atoms with E-state index in [2.05, 4.69) is 15.4 Å². The van der Waals surface area contributed by atoms with Gasteiger partial charge in [0, 0.05) is 36.7 Å². The molecule has 0 saturated heterocycles. The van der Waals surface area contributed by atoms with Gasteiger partial charge in [0.25, 0.3) is 6.43 Å². The largest absolute Gasteiger partial charge is 0.482 e. The highest BCUT2D eigenvalue weighted by Crippen LogP contribution is 2.33. The Kier molecular flexibility index (Phi) is 6.70. The van der Waals surface area contributed by atoms with Crippen molar-refractivity contribution in [2.45, 2.75) is 46.0 Å². The summed E-state index contributed by atoms with van der Waals surface area (Å²) < 4.78 is 72.1. The van der Waals surface area contributed by atoms with Gasteiger partial charge in [-0.1, -0.05) is 0 Å². The van der Waals surface area contributed by atoms with E-state index >= 15 is 0 Å². The standard InChI is InChI=1S/C20H20F5N5O3/c1-4-29-8-13(12-5-18(27-11(3)31)26-7-15(12)29)14-6-16(33-9-17(21)22)19(32)30(28-14)10(2)20(23,24)25/h5-8,10,17H,4,9H2,1-3H3,(H,26,27,31)/t10-/m1/s1. The first kappa shape index (κ1) is 24.1. The van der Waals surface area contributed by atoms with E-state index in [1.165, 1.54) is 19.2 Å². The van der Waals surface area contributed by atoms with Crippen molar-refractivity contribution in [2.24, 2.45) is 0 Å². The number of anilines is 1. The third-order valence-corrected chi connectivity index (χ3v) is 4.80. The van der Waals surface area contributed by atoms with Crippen LogP contribution in [-0.2, 0) is 11.3 Å². The monoisotopic (exact) mass is 473 g/mol. The molecule has 0 spiro atoms. The van der Waals surface area contributed by atoms with Gasteiger partial charge in [0.05, 0.1) is 17.4 Å². The van der Waals surface area contributed by atoms with E-state index in [1.54, 1.807) is 10.8 Å². The average molecular weight is 473 g/mol. The number of nitrogens with zero attached hydrogens (tertiary/aromatic N) is 4. The van der Waals surface area contributed by atoms with E-state index in [4.69, 9.17) is 4.74 Å². The maximum absolute atomic E-state index is 13.4. The highest BCUT2D eigenvalue weighted by Gasteiger charge is 2.39. The molecule has 0 aliphatic rings. The Hall–Kier alpha value is -3.51. The summed E-state index contributed by atoms with van der Waals surface area (Å²) in [6, 6.07) is 0.190. The first-order valence-electron chi connectivity index (χ1n) is 9.80. The molecule has 8 nitrogen and oxygen atoms in total. The number of fused-ring (bicyclic) bond motifs is 1. The fourth-order valence-electron chi connectivity index (χ4n) is 3.18. The number of aromatic nitrogens is 4. The van der Waals surface area contributed by atoms with Crippen LogP contribution < -0.4 is 15.6 Å². The van der Waals surface area contributed by atoms with Crippen LogP contribution in [0.5, 0.6) is 5.75 Å². The van der Waals surface area contributed by atoms with E-state index in [9.17, 15) is 31.5 Å². The van der Waals surface area contributed by atoms with Crippen molar-refractivity contribution in [1.29, 1.82) is 0 Å². The van der Waals surface area contributed by atoms with Crippen LogP contribution in [0, 0.1) is 0 Å². The first-order chi connectivity index (χ1) is 15.4. The van der Waals surface area contributed by atoms with Crippen LogP contribution in [-0.4, -0.2) is 44.4 Å². The molecule has 33 heavy (non-hydrogen) atoms. The Morgan fingerprint density at radius 3 is 2.55 bits per heavy atom. The second-order valence-corrected chi connectivity index (χ2v) is 7.16. The highest BCUT2D eigenvalue weighted by atomic mass is 19.4. The Morgan fingerprint density at radius 2 is 1.97 bits per heavy atom. The summed E-state index contributed by atoms with van der Waals surface area (Å²) in [7, 11) is 0. The summed E-state index contributed by atoms with van der Waals surface area (Å²) >= 11 is 0. The van der Waals surface area contributed by atoms with Gasteiger partial charge in [-0.05, 0) is 19.9 Å². The van der Waals surface area contributed by atoms with Gasteiger partial charge in [-0.25, -0.2) is 18.4 Å². The zero-order valence-corrected chi connectivity index (χ0v) is 17.8. The van der Waals surface area contributed by atoms with Crippen LogP contribution >= 0.6 is 0 Å². The van der Waals surface area contributed by atoms with Gasteiger partial charge in [-0.2, -0.15) is 18.3 Å². The van der Waals surface area contributed by atoms with E-state index in [1.807, 2.05) is 6.92 Å². The Balaban J connectivity index is 2.27. The van der Waals surface area contributed by atoms with E-state index in [-0.39, 0.29) is 22.1 Å². The summed E-state index contributed by atoms with van der Waals surface area (Å²) in [4.78, 5) is 28.1. The SMILES string of the molecule is CCn1cc(-c2cc(OCC(F)F)c(=O)n([C@H](C)C(F)(F)F)n2)c2cc(NC(C)=O)ncc21. The van der Waals surface area contributed by atoms with Crippen LogP contribution in [0.2, 0.25) is 0 Å². The molecule has 0 saturated carbocycles. The van der Waals surface area contributed by atoms with E-state index < -0.39 is 36.6 Å². The zero-order valence-electron chi connectivity index (χ0n) is 17.8. The number of pyridine rings is 1. The summed E-state index contributed by atoms with van der Waals surface area (Å²) in [5, 5.41) is 6.86. The number of alkyl halides is 5. The third kappa shape index (κ3) is 5.12. The lowest BCUT2D eigenvalue weighted by molar-refractivity contribution is -0.166. The third-order valence-electron chi connectivity index (χ3n) is 4.80. The van der Waals surface area contributed by atoms with Gasteiger partial charge in [0.1, 0.15) is 18.5 Å². The maximum Gasteiger partial charge on any atom is 0.410 e. The van der Waals surface area contributed by atoms with Crippen LogP contribution in [0.3, 0.4) is 0 Å².